The van der Waals surface area contributed by atoms with E-state index in [1.165, 1.54) is 25.9 Å². The van der Waals surface area contributed by atoms with Crippen LogP contribution in [0.1, 0.15) is 26.7 Å². The standard InChI is InChI=1S/C11H23N3S/c1-10(2)9-13-11(15)12-5-8-14-6-3-4-7-14/h10H,3-9H2,1-2H3,(H2,12,13,15). The predicted molar refractivity (Wildman–Crippen MR) is 69.1 cm³/mol. The van der Waals surface area contributed by atoms with Gasteiger partial charge in [0, 0.05) is 19.6 Å². The van der Waals surface area contributed by atoms with Gasteiger partial charge in [-0.2, -0.15) is 0 Å². The first-order valence-corrected chi connectivity index (χ1v) is 6.33. The third-order valence-electron chi connectivity index (χ3n) is 2.58. The monoisotopic (exact) mass is 229 g/mol. The van der Waals surface area contributed by atoms with Gasteiger partial charge in [-0.25, -0.2) is 0 Å². The highest BCUT2D eigenvalue weighted by Gasteiger charge is 2.10. The van der Waals surface area contributed by atoms with Crippen molar-refractivity contribution in [1.29, 1.82) is 0 Å². The largest absolute Gasteiger partial charge is 0.362 e. The van der Waals surface area contributed by atoms with Crippen LogP contribution in [0.3, 0.4) is 0 Å². The van der Waals surface area contributed by atoms with Gasteiger partial charge < -0.3 is 15.5 Å². The fourth-order valence-corrected chi connectivity index (χ4v) is 1.88. The van der Waals surface area contributed by atoms with Gasteiger partial charge in [-0.3, -0.25) is 0 Å². The second-order valence-electron chi connectivity index (χ2n) is 4.58. The van der Waals surface area contributed by atoms with Gasteiger partial charge in [0.1, 0.15) is 0 Å². The Morgan fingerprint density at radius 2 is 1.93 bits per heavy atom. The van der Waals surface area contributed by atoms with E-state index in [1.807, 2.05) is 0 Å². The van der Waals surface area contributed by atoms with Gasteiger partial charge in [0.15, 0.2) is 5.11 Å². The Bertz CT molecular complexity index is 188. The number of hydrogen-bond donors (Lipinski definition) is 2. The Morgan fingerprint density at radius 1 is 1.27 bits per heavy atom. The van der Waals surface area contributed by atoms with E-state index in [-0.39, 0.29) is 0 Å². The van der Waals surface area contributed by atoms with E-state index in [0.717, 1.165) is 24.7 Å². The second-order valence-corrected chi connectivity index (χ2v) is 4.99. The van der Waals surface area contributed by atoms with Crippen molar-refractivity contribution in [1.82, 2.24) is 15.5 Å². The molecule has 4 heteroatoms. The Morgan fingerprint density at radius 3 is 2.53 bits per heavy atom. The lowest BCUT2D eigenvalue weighted by molar-refractivity contribution is 0.343. The molecule has 1 fully saturated rings. The first-order valence-electron chi connectivity index (χ1n) is 5.92. The quantitative estimate of drug-likeness (QED) is 0.693. The molecule has 88 valence electrons. The van der Waals surface area contributed by atoms with Crippen LogP contribution in [0, 0.1) is 5.92 Å². The second kappa shape index (κ2) is 7.01. The molecular formula is C11H23N3S. The summed E-state index contributed by atoms with van der Waals surface area (Å²) in [6.45, 7) is 9.91. The first-order chi connectivity index (χ1) is 7.18. The molecule has 0 spiro atoms. The number of nitrogens with zero attached hydrogens (tertiary/aromatic N) is 1. The molecule has 0 atom stereocenters. The van der Waals surface area contributed by atoms with Crippen LogP contribution in [0.2, 0.25) is 0 Å². The Hall–Kier alpha value is -0.350. The number of likely N-dealkylation sites (tertiary alicyclic amines) is 1. The minimum Gasteiger partial charge on any atom is -0.362 e. The lowest BCUT2D eigenvalue weighted by Gasteiger charge is -2.16. The van der Waals surface area contributed by atoms with Crippen molar-refractivity contribution >= 4 is 17.3 Å². The maximum atomic E-state index is 5.17. The molecule has 0 aromatic rings. The zero-order valence-corrected chi connectivity index (χ0v) is 10.7. The minimum absolute atomic E-state index is 0.642. The molecule has 1 saturated heterocycles. The molecule has 0 aliphatic carbocycles. The van der Waals surface area contributed by atoms with Crippen molar-refractivity contribution in [3.8, 4) is 0 Å². The Balaban J connectivity index is 1.96. The Kier molecular flexibility index (Phi) is 5.95. The maximum Gasteiger partial charge on any atom is 0.166 e. The van der Waals surface area contributed by atoms with Crippen LogP contribution in [0.15, 0.2) is 0 Å². The van der Waals surface area contributed by atoms with E-state index in [0.29, 0.717) is 5.92 Å². The van der Waals surface area contributed by atoms with Gasteiger partial charge in [-0.15, -0.1) is 0 Å². The molecule has 0 amide bonds. The average molecular weight is 229 g/mol. The van der Waals surface area contributed by atoms with E-state index >= 15 is 0 Å². The van der Waals surface area contributed by atoms with Crippen LogP contribution in [0.5, 0.6) is 0 Å². The molecule has 1 aliphatic heterocycles. The van der Waals surface area contributed by atoms with E-state index in [1.54, 1.807) is 0 Å². The van der Waals surface area contributed by atoms with E-state index in [4.69, 9.17) is 12.2 Å². The summed E-state index contributed by atoms with van der Waals surface area (Å²) >= 11 is 5.17. The molecule has 0 saturated carbocycles. The van der Waals surface area contributed by atoms with Crippen molar-refractivity contribution in [2.24, 2.45) is 5.92 Å². The molecule has 3 nitrogen and oxygen atoms in total. The third kappa shape index (κ3) is 5.95. The Labute approximate surface area is 98.6 Å². The SMILES string of the molecule is CC(C)CNC(=S)NCCN1CCCC1. The predicted octanol–water partition coefficient (Wildman–Crippen LogP) is 1.20. The van der Waals surface area contributed by atoms with Crippen molar-refractivity contribution < 1.29 is 0 Å². The summed E-state index contributed by atoms with van der Waals surface area (Å²) in [5.41, 5.74) is 0. The fourth-order valence-electron chi connectivity index (χ4n) is 1.69. The minimum atomic E-state index is 0.642. The molecule has 0 unspecified atom stereocenters. The van der Waals surface area contributed by atoms with Crippen molar-refractivity contribution in [2.45, 2.75) is 26.7 Å². The molecule has 0 bridgehead atoms. The van der Waals surface area contributed by atoms with Gasteiger partial charge in [0.05, 0.1) is 0 Å². The molecule has 1 aliphatic rings. The normalized spacial score (nSPS) is 17.0. The number of nitrogens with one attached hydrogen (secondary N) is 2. The summed E-state index contributed by atoms with van der Waals surface area (Å²) in [5, 5.41) is 7.25. The van der Waals surface area contributed by atoms with Gasteiger partial charge in [0.2, 0.25) is 0 Å². The van der Waals surface area contributed by atoms with Gasteiger partial charge in [-0.1, -0.05) is 13.8 Å². The molecule has 0 aromatic carbocycles. The van der Waals surface area contributed by atoms with E-state index in [2.05, 4.69) is 29.4 Å². The lowest BCUT2D eigenvalue weighted by atomic mass is 10.2. The van der Waals surface area contributed by atoms with Crippen LogP contribution in [-0.4, -0.2) is 42.7 Å². The van der Waals surface area contributed by atoms with E-state index < -0.39 is 0 Å². The summed E-state index contributed by atoms with van der Waals surface area (Å²) < 4.78 is 0. The molecule has 15 heavy (non-hydrogen) atoms. The first kappa shape index (κ1) is 12.7. The molecule has 2 N–H and O–H groups in total. The zero-order valence-electron chi connectivity index (χ0n) is 9.88. The van der Waals surface area contributed by atoms with Gasteiger partial charge >= 0.3 is 0 Å². The zero-order chi connectivity index (χ0) is 11.1. The average Bonchev–Trinajstić information content (AvgIpc) is 2.67. The van der Waals surface area contributed by atoms with Gasteiger partial charge in [0.25, 0.3) is 0 Å². The molecule has 1 rings (SSSR count). The summed E-state index contributed by atoms with van der Waals surface area (Å²) in [5.74, 6) is 0.642. The number of hydrogen-bond acceptors (Lipinski definition) is 2. The van der Waals surface area contributed by atoms with Crippen LogP contribution in [-0.2, 0) is 0 Å². The third-order valence-corrected chi connectivity index (χ3v) is 2.87. The van der Waals surface area contributed by atoms with Crippen LogP contribution in [0.25, 0.3) is 0 Å². The number of rotatable bonds is 5. The molecule has 0 radical (unpaired) electrons. The summed E-state index contributed by atoms with van der Waals surface area (Å²) in [4.78, 5) is 2.48. The van der Waals surface area contributed by atoms with Crippen LogP contribution >= 0.6 is 12.2 Å². The topological polar surface area (TPSA) is 27.3 Å². The highest BCUT2D eigenvalue weighted by molar-refractivity contribution is 7.80. The lowest BCUT2D eigenvalue weighted by Crippen LogP contribution is -2.40. The molecular weight excluding hydrogens is 206 g/mol. The summed E-state index contributed by atoms with van der Waals surface area (Å²) in [6.07, 6.45) is 2.71. The fraction of sp³-hybridized carbons (Fsp3) is 0.909. The van der Waals surface area contributed by atoms with Crippen molar-refractivity contribution in [3.63, 3.8) is 0 Å². The van der Waals surface area contributed by atoms with E-state index in [9.17, 15) is 0 Å². The number of thiocarbonyl (C=S) groups is 1. The van der Waals surface area contributed by atoms with Crippen molar-refractivity contribution in [2.75, 3.05) is 32.7 Å². The molecule has 0 aromatic heterocycles. The molecule has 1 heterocycles. The van der Waals surface area contributed by atoms with Gasteiger partial charge in [-0.05, 0) is 44.1 Å². The highest BCUT2D eigenvalue weighted by Crippen LogP contribution is 2.05. The van der Waals surface area contributed by atoms with Crippen LogP contribution < -0.4 is 10.6 Å². The van der Waals surface area contributed by atoms with Crippen molar-refractivity contribution in [3.05, 3.63) is 0 Å². The van der Waals surface area contributed by atoms with Crippen LogP contribution in [0.4, 0.5) is 0 Å². The summed E-state index contributed by atoms with van der Waals surface area (Å²) in [7, 11) is 0. The smallest absolute Gasteiger partial charge is 0.166 e. The maximum absolute atomic E-state index is 5.17. The summed E-state index contributed by atoms with van der Waals surface area (Å²) in [6, 6.07) is 0. The highest BCUT2D eigenvalue weighted by atomic mass is 32.1.